The summed E-state index contributed by atoms with van der Waals surface area (Å²) >= 11 is 0. The van der Waals surface area contributed by atoms with Crippen molar-refractivity contribution in [2.45, 2.75) is 80.1 Å². The van der Waals surface area contributed by atoms with Crippen molar-refractivity contribution in [3.05, 3.63) is 76.5 Å². The molecule has 0 saturated carbocycles. The van der Waals surface area contributed by atoms with Crippen LogP contribution in [0.25, 0.3) is 33.3 Å². The molecule has 3 aromatic heterocycles. The van der Waals surface area contributed by atoms with Crippen molar-refractivity contribution < 1.29 is 4.79 Å². The number of benzene rings is 2. The number of nitrogens with one attached hydrogen (secondary N) is 3. The summed E-state index contributed by atoms with van der Waals surface area (Å²) in [4.78, 5) is 24.8. The number of hydrogen-bond acceptors (Lipinski definition) is 5. The number of fused-ring (bicyclic) bond motifs is 2. The Kier molecular flexibility index (Phi) is 9.96. The minimum atomic E-state index is -0.716. The maximum absolute atomic E-state index is 14.1. The Hall–Kier alpha value is -4.04. The van der Waals surface area contributed by atoms with E-state index in [0.717, 1.165) is 71.5 Å². The largest absolute Gasteiger partial charge is 0.341 e. The Labute approximate surface area is 273 Å². The molecular formula is C38H51N7O. The number of H-pyrrole nitrogens is 2. The lowest BCUT2D eigenvalue weighted by atomic mass is 9.82. The van der Waals surface area contributed by atoms with Crippen LogP contribution in [-0.4, -0.2) is 62.4 Å². The third-order valence-corrected chi connectivity index (χ3v) is 8.83. The second-order valence-corrected chi connectivity index (χ2v) is 14.5. The van der Waals surface area contributed by atoms with Crippen molar-refractivity contribution in [1.29, 1.82) is 0 Å². The van der Waals surface area contributed by atoms with Gasteiger partial charge in [0.05, 0.1) is 11.1 Å². The zero-order valence-electron chi connectivity index (χ0n) is 29.1. The standard InChI is InChI=1S/C38H51N7O/c1-23(2)21-45(22-24(3)4)37(46)38(8,9)30-18-31-34(35(41-36(31)40-20-30)29-15-25(5)14-26(6)16-29)27(7)19-39-13-12-28-10-11-32-33(17-28)43-44-42-32/h10-11,14-18,20,23-24,27,39H,12-13,19,21-22H2,1-9H3,(H,40,41)(H,42,43,44)/t27-/m1/s1. The fourth-order valence-electron chi connectivity index (χ4n) is 6.63. The fourth-order valence-corrected chi connectivity index (χ4v) is 6.63. The van der Waals surface area contributed by atoms with Crippen LogP contribution in [0, 0.1) is 25.7 Å². The molecule has 0 spiro atoms. The molecule has 0 radical (unpaired) electrons. The van der Waals surface area contributed by atoms with Gasteiger partial charge in [0, 0.05) is 31.2 Å². The number of amides is 1. The summed E-state index contributed by atoms with van der Waals surface area (Å²) in [5, 5.41) is 15.9. The maximum atomic E-state index is 14.1. The third kappa shape index (κ3) is 7.33. The van der Waals surface area contributed by atoms with E-state index in [1.54, 1.807) is 0 Å². The summed E-state index contributed by atoms with van der Waals surface area (Å²) in [7, 11) is 0. The highest BCUT2D eigenvalue weighted by Gasteiger charge is 2.35. The molecule has 0 aliphatic rings. The Balaban J connectivity index is 1.46. The van der Waals surface area contributed by atoms with Gasteiger partial charge in [-0.3, -0.25) is 4.79 Å². The molecule has 0 aliphatic carbocycles. The molecule has 2 aromatic carbocycles. The molecule has 8 nitrogen and oxygen atoms in total. The predicted octanol–water partition coefficient (Wildman–Crippen LogP) is 7.47. The van der Waals surface area contributed by atoms with E-state index in [1.807, 2.05) is 31.0 Å². The molecule has 1 amide bonds. The third-order valence-electron chi connectivity index (χ3n) is 8.83. The highest BCUT2D eigenvalue weighted by Crippen LogP contribution is 2.38. The van der Waals surface area contributed by atoms with Crippen molar-refractivity contribution >= 4 is 28.0 Å². The topological polar surface area (TPSA) is 103 Å². The van der Waals surface area contributed by atoms with Crippen molar-refractivity contribution in [3.8, 4) is 11.3 Å². The zero-order valence-corrected chi connectivity index (χ0v) is 29.1. The van der Waals surface area contributed by atoms with Crippen LogP contribution < -0.4 is 5.32 Å². The first-order chi connectivity index (χ1) is 21.8. The highest BCUT2D eigenvalue weighted by molar-refractivity contribution is 5.92. The second-order valence-electron chi connectivity index (χ2n) is 14.5. The summed E-state index contributed by atoms with van der Waals surface area (Å²) in [5.41, 5.74) is 10.0. The average molecular weight is 622 g/mol. The van der Waals surface area contributed by atoms with E-state index in [-0.39, 0.29) is 11.8 Å². The van der Waals surface area contributed by atoms with Gasteiger partial charge in [0.2, 0.25) is 5.91 Å². The van der Waals surface area contributed by atoms with Gasteiger partial charge in [-0.05, 0) is 111 Å². The van der Waals surface area contributed by atoms with Gasteiger partial charge in [0.25, 0.3) is 0 Å². The summed E-state index contributed by atoms with van der Waals surface area (Å²) in [6, 6.07) is 15.1. The first-order valence-electron chi connectivity index (χ1n) is 16.7. The lowest BCUT2D eigenvalue weighted by Crippen LogP contribution is -2.46. The Morgan fingerprint density at radius 1 is 0.913 bits per heavy atom. The number of aromatic amines is 2. The van der Waals surface area contributed by atoms with Gasteiger partial charge in [-0.25, -0.2) is 4.98 Å². The molecule has 0 fully saturated rings. The fraction of sp³-hybridized carbons (Fsp3) is 0.474. The Bertz CT molecular complexity index is 1780. The monoisotopic (exact) mass is 621 g/mol. The first kappa shape index (κ1) is 33.3. The molecule has 0 aliphatic heterocycles. The Morgan fingerprint density at radius 3 is 2.26 bits per heavy atom. The molecule has 1 atom stereocenters. The average Bonchev–Trinajstić information content (AvgIpc) is 3.61. The number of nitrogens with zero attached hydrogens (tertiary/aromatic N) is 4. The van der Waals surface area contributed by atoms with E-state index in [2.05, 4.69) is 111 Å². The summed E-state index contributed by atoms with van der Waals surface area (Å²) in [6.07, 6.45) is 2.79. The number of rotatable bonds is 13. The van der Waals surface area contributed by atoms with Crippen LogP contribution in [-0.2, 0) is 16.6 Å². The molecule has 5 rings (SSSR count). The van der Waals surface area contributed by atoms with E-state index >= 15 is 0 Å². The van der Waals surface area contributed by atoms with E-state index in [0.29, 0.717) is 11.8 Å². The zero-order chi connectivity index (χ0) is 33.2. The molecule has 0 saturated heterocycles. The van der Waals surface area contributed by atoms with Gasteiger partial charge in [0.1, 0.15) is 16.7 Å². The second kappa shape index (κ2) is 13.8. The quantitative estimate of drug-likeness (QED) is 0.118. The van der Waals surface area contributed by atoms with Gasteiger partial charge >= 0.3 is 0 Å². The number of pyridine rings is 1. The summed E-state index contributed by atoms with van der Waals surface area (Å²) < 4.78 is 0. The minimum Gasteiger partial charge on any atom is -0.341 e. The molecule has 0 unspecified atom stereocenters. The molecular weight excluding hydrogens is 570 g/mol. The van der Waals surface area contributed by atoms with Crippen LogP contribution in [0.2, 0.25) is 0 Å². The van der Waals surface area contributed by atoms with Gasteiger partial charge in [-0.2, -0.15) is 15.4 Å². The predicted molar refractivity (Wildman–Crippen MR) is 189 cm³/mol. The van der Waals surface area contributed by atoms with Crippen molar-refractivity contribution in [2.24, 2.45) is 11.8 Å². The van der Waals surface area contributed by atoms with Gasteiger partial charge < -0.3 is 15.2 Å². The van der Waals surface area contributed by atoms with Crippen molar-refractivity contribution in [1.82, 2.24) is 35.6 Å². The van der Waals surface area contributed by atoms with Crippen molar-refractivity contribution in [3.63, 3.8) is 0 Å². The van der Waals surface area contributed by atoms with Crippen LogP contribution in [0.5, 0.6) is 0 Å². The number of aromatic nitrogens is 5. The van der Waals surface area contributed by atoms with Gasteiger partial charge in [-0.15, -0.1) is 0 Å². The molecule has 46 heavy (non-hydrogen) atoms. The summed E-state index contributed by atoms with van der Waals surface area (Å²) in [5.74, 6) is 1.14. The van der Waals surface area contributed by atoms with Crippen LogP contribution in [0.1, 0.15) is 82.2 Å². The molecule has 5 aromatic rings. The highest BCUT2D eigenvalue weighted by atomic mass is 16.2. The number of carbonyl (C=O) groups is 1. The smallest absolute Gasteiger partial charge is 0.232 e. The van der Waals surface area contributed by atoms with Crippen LogP contribution in [0.4, 0.5) is 0 Å². The van der Waals surface area contributed by atoms with E-state index in [1.165, 1.54) is 22.3 Å². The van der Waals surface area contributed by atoms with E-state index < -0.39 is 5.41 Å². The van der Waals surface area contributed by atoms with E-state index in [9.17, 15) is 4.79 Å². The van der Waals surface area contributed by atoms with Crippen molar-refractivity contribution in [2.75, 3.05) is 26.2 Å². The molecule has 3 N–H and O–H groups in total. The normalized spacial score (nSPS) is 12.9. The molecule has 8 heteroatoms. The van der Waals surface area contributed by atoms with Crippen LogP contribution >= 0.6 is 0 Å². The number of carbonyl (C=O) groups excluding carboxylic acids is 1. The Morgan fingerprint density at radius 2 is 1.59 bits per heavy atom. The van der Waals surface area contributed by atoms with Crippen LogP contribution in [0.15, 0.2) is 48.7 Å². The number of hydrogen-bond donors (Lipinski definition) is 3. The van der Waals surface area contributed by atoms with Gasteiger partial charge in [-0.1, -0.05) is 57.9 Å². The van der Waals surface area contributed by atoms with Gasteiger partial charge in [0.15, 0.2) is 0 Å². The molecule has 244 valence electrons. The SMILES string of the molecule is Cc1cc(C)cc(-c2[nH]c3ncc(C(C)(C)C(=O)N(CC(C)C)CC(C)C)cc3c2[C@H](C)CNCCc2ccc3n[nH]nc3c2)c1. The minimum absolute atomic E-state index is 0.154. The number of aryl methyl sites for hydroxylation is 2. The van der Waals surface area contributed by atoms with Crippen LogP contribution in [0.3, 0.4) is 0 Å². The summed E-state index contributed by atoms with van der Waals surface area (Å²) in [6.45, 7) is 22.5. The van der Waals surface area contributed by atoms with E-state index in [4.69, 9.17) is 4.98 Å². The lowest BCUT2D eigenvalue weighted by molar-refractivity contribution is -0.137. The molecule has 3 heterocycles. The lowest BCUT2D eigenvalue weighted by Gasteiger charge is -2.34. The first-order valence-corrected chi connectivity index (χ1v) is 16.7. The maximum Gasteiger partial charge on any atom is 0.232 e. The molecule has 0 bridgehead atoms.